The summed E-state index contributed by atoms with van der Waals surface area (Å²) in [4.78, 5) is 8.60. The van der Waals surface area contributed by atoms with Crippen LogP contribution in [0.5, 0.6) is 0 Å². The van der Waals surface area contributed by atoms with Gasteiger partial charge in [0, 0.05) is 0 Å². The Kier molecular flexibility index (Phi) is 3.61. The monoisotopic (exact) mass is 300 g/mol. The third kappa shape index (κ3) is 2.28. The maximum absolute atomic E-state index is 6.03. The van der Waals surface area contributed by atoms with E-state index in [1.807, 2.05) is 6.07 Å². The lowest BCUT2D eigenvalue weighted by molar-refractivity contribution is 0.576. The largest absolute Gasteiger partial charge is 0.461 e. The molecule has 0 saturated heterocycles. The molecule has 16 heavy (non-hydrogen) atoms. The van der Waals surface area contributed by atoms with Crippen molar-refractivity contribution in [3.8, 4) is 11.6 Å². The number of furan rings is 1. The van der Waals surface area contributed by atoms with Crippen molar-refractivity contribution in [2.75, 3.05) is 0 Å². The lowest BCUT2D eigenvalue weighted by atomic mass is 10.2. The summed E-state index contributed by atoms with van der Waals surface area (Å²) in [6, 6.07) is 3.61. The molecular formula is C11H10BrClN2O. The van der Waals surface area contributed by atoms with Crippen LogP contribution in [-0.4, -0.2) is 9.97 Å². The predicted octanol–water partition coefficient (Wildman–Crippen LogP) is 4.11. The highest BCUT2D eigenvalue weighted by atomic mass is 79.9. The first-order valence-corrected chi connectivity index (χ1v) is 6.15. The lowest BCUT2D eigenvalue weighted by Crippen LogP contribution is -1.97. The summed E-state index contributed by atoms with van der Waals surface area (Å²) in [6.45, 7) is 2.09. The Morgan fingerprint density at radius 1 is 1.44 bits per heavy atom. The van der Waals surface area contributed by atoms with E-state index in [9.17, 15) is 0 Å². The van der Waals surface area contributed by atoms with Crippen molar-refractivity contribution < 1.29 is 4.42 Å². The quantitative estimate of drug-likeness (QED) is 0.801. The fourth-order valence-electron chi connectivity index (χ4n) is 1.38. The van der Waals surface area contributed by atoms with E-state index < -0.39 is 0 Å². The third-order valence-corrected chi connectivity index (χ3v) is 3.44. The number of rotatable bonds is 3. The van der Waals surface area contributed by atoms with Crippen LogP contribution in [0.4, 0.5) is 0 Å². The van der Waals surface area contributed by atoms with Gasteiger partial charge in [0.05, 0.1) is 16.4 Å². The summed E-state index contributed by atoms with van der Waals surface area (Å²) in [6.07, 6.45) is 3.45. The molecule has 5 heteroatoms. The molecule has 2 heterocycles. The van der Waals surface area contributed by atoms with E-state index in [0.717, 1.165) is 23.0 Å². The molecule has 0 amide bonds. The van der Waals surface area contributed by atoms with Crippen LogP contribution in [0.25, 0.3) is 11.6 Å². The van der Waals surface area contributed by atoms with Crippen LogP contribution in [0.2, 0.25) is 5.15 Å². The van der Waals surface area contributed by atoms with Crippen molar-refractivity contribution in [2.45, 2.75) is 19.8 Å². The van der Waals surface area contributed by atoms with Crippen molar-refractivity contribution in [1.29, 1.82) is 0 Å². The van der Waals surface area contributed by atoms with Gasteiger partial charge in [0.1, 0.15) is 5.15 Å². The highest BCUT2D eigenvalue weighted by molar-refractivity contribution is 9.10. The van der Waals surface area contributed by atoms with Gasteiger partial charge in [-0.15, -0.1) is 0 Å². The number of hydrogen-bond donors (Lipinski definition) is 0. The minimum Gasteiger partial charge on any atom is -0.461 e. The van der Waals surface area contributed by atoms with Gasteiger partial charge >= 0.3 is 0 Å². The molecule has 0 saturated carbocycles. The third-order valence-electron chi connectivity index (χ3n) is 2.11. The van der Waals surface area contributed by atoms with E-state index in [0.29, 0.717) is 16.7 Å². The second-order valence-corrected chi connectivity index (χ2v) is 4.48. The fourth-order valence-corrected chi connectivity index (χ4v) is 1.95. The van der Waals surface area contributed by atoms with E-state index in [1.54, 1.807) is 12.3 Å². The van der Waals surface area contributed by atoms with Crippen molar-refractivity contribution in [3.63, 3.8) is 0 Å². The van der Waals surface area contributed by atoms with E-state index in [4.69, 9.17) is 16.0 Å². The second kappa shape index (κ2) is 4.97. The molecule has 2 rings (SSSR count). The number of nitrogens with zero attached hydrogens (tertiary/aromatic N) is 2. The van der Waals surface area contributed by atoms with E-state index in [2.05, 4.69) is 32.8 Å². The molecular weight excluding hydrogens is 291 g/mol. The van der Waals surface area contributed by atoms with E-state index in [-0.39, 0.29) is 0 Å². The van der Waals surface area contributed by atoms with Crippen LogP contribution in [0.15, 0.2) is 27.3 Å². The first-order chi connectivity index (χ1) is 7.72. The Morgan fingerprint density at radius 3 is 2.88 bits per heavy atom. The first-order valence-electron chi connectivity index (χ1n) is 4.98. The molecule has 3 nitrogen and oxygen atoms in total. The van der Waals surface area contributed by atoms with Crippen LogP contribution in [-0.2, 0) is 6.42 Å². The topological polar surface area (TPSA) is 38.9 Å². The van der Waals surface area contributed by atoms with Crippen LogP contribution in [0.1, 0.15) is 19.0 Å². The molecule has 0 N–H and O–H groups in total. The van der Waals surface area contributed by atoms with Crippen molar-refractivity contribution in [3.05, 3.63) is 33.7 Å². The molecule has 84 valence electrons. The number of halogens is 2. The van der Waals surface area contributed by atoms with Gasteiger partial charge in [0.25, 0.3) is 0 Å². The summed E-state index contributed by atoms with van der Waals surface area (Å²) in [5.74, 6) is 1.16. The Balaban J connectivity index is 2.48. The van der Waals surface area contributed by atoms with Crippen molar-refractivity contribution in [2.24, 2.45) is 0 Å². The van der Waals surface area contributed by atoms with E-state index >= 15 is 0 Å². The van der Waals surface area contributed by atoms with Gasteiger partial charge in [-0.3, -0.25) is 0 Å². The van der Waals surface area contributed by atoms with Crippen LogP contribution in [0, 0.1) is 0 Å². The maximum atomic E-state index is 6.03. The normalized spacial score (nSPS) is 10.7. The summed E-state index contributed by atoms with van der Waals surface area (Å²) >= 11 is 9.42. The molecule has 0 aromatic carbocycles. The zero-order valence-electron chi connectivity index (χ0n) is 8.70. The first kappa shape index (κ1) is 11.6. The SMILES string of the molecule is CCCc1nc(-c2ccco2)nc(Cl)c1Br. The van der Waals surface area contributed by atoms with Gasteiger partial charge < -0.3 is 4.42 Å². The van der Waals surface area contributed by atoms with Gasteiger partial charge in [0.15, 0.2) is 11.6 Å². The second-order valence-electron chi connectivity index (χ2n) is 3.33. The Hall–Kier alpha value is -0.870. The molecule has 0 radical (unpaired) electrons. The van der Waals surface area contributed by atoms with Gasteiger partial charge in [-0.25, -0.2) is 9.97 Å². The zero-order chi connectivity index (χ0) is 11.5. The summed E-state index contributed by atoms with van der Waals surface area (Å²) in [7, 11) is 0. The minimum atomic E-state index is 0.421. The molecule has 0 aliphatic carbocycles. The lowest BCUT2D eigenvalue weighted by Gasteiger charge is -2.05. The fraction of sp³-hybridized carbons (Fsp3) is 0.273. The zero-order valence-corrected chi connectivity index (χ0v) is 11.0. The van der Waals surface area contributed by atoms with Crippen molar-refractivity contribution in [1.82, 2.24) is 9.97 Å². The van der Waals surface area contributed by atoms with Crippen LogP contribution < -0.4 is 0 Å². The Labute approximate surface area is 107 Å². The highest BCUT2D eigenvalue weighted by Gasteiger charge is 2.12. The van der Waals surface area contributed by atoms with Gasteiger partial charge in [-0.1, -0.05) is 24.9 Å². The van der Waals surface area contributed by atoms with Crippen LogP contribution >= 0.6 is 27.5 Å². The molecule has 0 fully saturated rings. The Bertz CT molecular complexity index is 485. The van der Waals surface area contributed by atoms with E-state index in [1.165, 1.54) is 0 Å². The molecule has 0 bridgehead atoms. The number of aromatic nitrogens is 2. The number of hydrogen-bond acceptors (Lipinski definition) is 3. The molecule has 0 unspecified atom stereocenters. The standard InChI is InChI=1S/C11H10BrClN2O/c1-2-4-7-9(12)10(13)15-11(14-7)8-5-3-6-16-8/h3,5-6H,2,4H2,1H3. The smallest absolute Gasteiger partial charge is 0.197 e. The van der Waals surface area contributed by atoms with Crippen LogP contribution in [0.3, 0.4) is 0 Å². The molecule has 0 atom stereocenters. The molecule has 0 aliphatic rings. The molecule has 2 aromatic rings. The van der Waals surface area contributed by atoms with Crippen molar-refractivity contribution >= 4 is 27.5 Å². The molecule has 0 spiro atoms. The number of aryl methyl sites for hydroxylation is 1. The Morgan fingerprint density at radius 2 is 2.25 bits per heavy atom. The van der Waals surface area contributed by atoms with Gasteiger partial charge in [0.2, 0.25) is 0 Å². The summed E-state index contributed by atoms with van der Waals surface area (Å²) in [5, 5.41) is 0.421. The summed E-state index contributed by atoms with van der Waals surface area (Å²) < 4.78 is 6.02. The highest BCUT2D eigenvalue weighted by Crippen LogP contribution is 2.27. The average Bonchev–Trinajstić information content (AvgIpc) is 2.78. The predicted molar refractivity (Wildman–Crippen MR) is 66.4 cm³/mol. The van der Waals surface area contributed by atoms with Gasteiger partial charge in [-0.05, 0) is 34.5 Å². The average molecular weight is 302 g/mol. The van der Waals surface area contributed by atoms with Gasteiger partial charge in [-0.2, -0.15) is 0 Å². The molecule has 0 aliphatic heterocycles. The molecule has 2 aromatic heterocycles. The maximum Gasteiger partial charge on any atom is 0.197 e. The summed E-state index contributed by atoms with van der Waals surface area (Å²) in [5.41, 5.74) is 0.911. The minimum absolute atomic E-state index is 0.421.